The average Bonchev–Trinajstić information content (AvgIpc) is 2.86. The van der Waals surface area contributed by atoms with E-state index in [1.165, 1.54) is 11.3 Å². The Morgan fingerprint density at radius 1 is 1.42 bits per heavy atom. The molecule has 19 heavy (non-hydrogen) atoms. The van der Waals surface area contributed by atoms with Crippen molar-refractivity contribution in [3.63, 3.8) is 0 Å². The summed E-state index contributed by atoms with van der Waals surface area (Å²) >= 11 is 6.99. The Hall–Kier alpha value is -1.83. The average molecular weight is 292 g/mol. The van der Waals surface area contributed by atoms with Gasteiger partial charge in [0.15, 0.2) is 5.78 Å². The SMILES string of the molecule is COc1cccc(C(C#N)C(=O)c2ccc(Cl)s2)c1. The van der Waals surface area contributed by atoms with Gasteiger partial charge >= 0.3 is 0 Å². The number of carbonyl (C=O) groups is 1. The van der Waals surface area contributed by atoms with Gasteiger partial charge in [-0.15, -0.1) is 11.3 Å². The van der Waals surface area contributed by atoms with Crippen molar-refractivity contribution in [2.24, 2.45) is 0 Å². The van der Waals surface area contributed by atoms with Crippen LogP contribution in [0.15, 0.2) is 36.4 Å². The number of rotatable bonds is 4. The fourth-order valence-corrected chi connectivity index (χ4v) is 2.71. The lowest BCUT2D eigenvalue weighted by Crippen LogP contribution is -2.09. The lowest BCUT2D eigenvalue weighted by Gasteiger charge is -2.08. The Morgan fingerprint density at radius 3 is 2.79 bits per heavy atom. The van der Waals surface area contributed by atoms with Crippen molar-refractivity contribution in [1.82, 2.24) is 0 Å². The van der Waals surface area contributed by atoms with Crippen molar-refractivity contribution in [2.75, 3.05) is 7.11 Å². The fourth-order valence-electron chi connectivity index (χ4n) is 1.69. The lowest BCUT2D eigenvalue weighted by atomic mass is 9.95. The second-order valence-corrected chi connectivity index (χ2v) is 5.52. The van der Waals surface area contributed by atoms with E-state index in [1.54, 1.807) is 43.5 Å². The molecule has 0 saturated carbocycles. The molecule has 0 saturated heterocycles. The van der Waals surface area contributed by atoms with E-state index < -0.39 is 5.92 Å². The molecule has 0 spiro atoms. The van der Waals surface area contributed by atoms with Crippen LogP contribution < -0.4 is 4.74 Å². The van der Waals surface area contributed by atoms with Crippen LogP contribution in [-0.4, -0.2) is 12.9 Å². The number of carbonyl (C=O) groups excluding carboxylic acids is 1. The molecule has 1 atom stereocenters. The summed E-state index contributed by atoms with van der Waals surface area (Å²) < 4.78 is 5.63. The summed E-state index contributed by atoms with van der Waals surface area (Å²) in [7, 11) is 1.54. The van der Waals surface area contributed by atoms with E-state index in [4.69, 9.17) is 16.3 Å². The number of hydrogen-bond donors (Lipinski definition) is 0. The van der Waals surface area contributed by atoms with Gasteiger partial charge in [0.2, 0.25) is 0 Å². The minimum atomic E-state index is -0.843. The minimum absolute atomic E-state index is 0.243. The van der Waals surface area contributed by atoms with E-state index in [0.717, 1.165) is 0 Å². The van der Waals surface area contributed by atoms with Gasteiger partial charge in [-0.2, -0.15) is 5.26 Å². The molecule has 0 aliphatic carbocycles. The molecule has 0 aliphatic rings. The van der Waals surface area contributed by atoms with E-state index >= 15 is 0 Å². The highest BCUT2D eigenvalue weighted by atomic mass is 35.5. The van der Waals surface area contributed by atoms with Gasteiger partial charge in [0.25, 0.3) is 0 Å². The zero-order valence-electron chi connectivity index (χ0n) is 10.1. The molecule has 0 aliphatic heterocycles. The molecule has 0 N–H and O–H groups in total. The number of nitrogens with zero attached hydrogens (tertiary/aromatic N) is 1. The topological polar surface area (TPSA) is 50.1 Å². The number of hydrogen-bond acceptors (Lipinski definition) is 4. The minimum Gasteiger partial charge on any atom is -0.497 e. The van der Waals surface area contributed by atoms with Crippen LogP contribution in [0.5, 0.6) is 5.75 Å². The van der Waals surface area contributed by atoms with Crippen LogP contribution in [0.25, 0.3) is 0 Å². The van der Waals surface area contributed by atoms with Crippen molar-refractivity contribution < 1.29 is 9.53 Å². The van der Waals surface area contributed by atoms with Crippen LogP contribution in [0.2, 0.25) is 4.34 Å². The summed E-state index contributed by atoms with van der Waals surface area (Å²) in [6.45, 7) is 0. The number of Topliss-reactive ketones (excluding diaryl/α,β-unsaturated/α-hetero) is 1. The second kappa shape index (κ2) is 5.87. The summed E-state index contributed by atoms with van der Waals surface area (Å²) in [5.41, 5.74) is 0.622. The molecule has 2 aromatic rings. The molecule has 96 valence electrons. The third-order valence-corrected chi connectivity index (χ3v) is 3.88. The number of ketones is 1. The molecule has 3 nitrogen and oxygen atoms in total. The van der Waals surface area contributed by atoms with E-state index in [-0.39, 0.29) is 5.78 Å². The first-order valence-corrected chi connectivity index (χ1v) is 6.68. The van der Waals surface area contributed by atoms with Gasteiger partial charge in [-0.25, -0.2) is 0 Å². The highest BCUT2D eigenvalue weighted by Gasteiger charge is 2.23. The molecule has 5 heteroatoms. The maximum Gasteiger partial charge on any atom is 0.194 e. The smallest absolute Gasteiger partial charge is 0.194 e. The molecule has 1 aromatic carbocycles. The molecular weight excluding hydrogens is 282 g/mol. The number of thiophene rings is 1. The second-order valence-electron chi connectivity index (χ2n) is 3.81. The third-order valence-electron chi connectivity index (χ3n) is 2.63. The van der Waals surface area contributed by atoms with Gasteiger partial charge < -0.3 is 4.74 Å². The van der Waals surface area contributed by atoms with E-state index in [2.05, 4.69) is 0 Å². The first kappa shape index (κ1) is 13.6. The first-order valence-electron chi connectivity index (χ1n) is 5.49. The fraction of sp³-hybridized carbons (Fsp3) is 0.143. The van der Waals surface area contributed by atoms with Crippen molar-refractivity contribution in [2.45, 2.75) is 5.92 Å². The predicted molar refractivity (Wildman–Crippen MR) is 75.0 cm³/mol. The Labute approximate surface area is 120 Å². The zero-order valence-corrected chi connectivity index (χ0v) is 11.7. The van der Waals surface area contributed by atoms with Crippen molar-refractivity contribution in [1.29, 1.82) is 5.26 Å². The van der Waals surface area contributed by atoms with Gasteiger partial charge in [-0.1, -0.05) is 23.7 Å². The quantitative estimate of drug-likeness (QED) is 0.803. The molecule has 0 radical (unpaired) electrons. The van der Waals surface area contributed by atoms with Crippen LogP contribution in [0.1, 0.15) is 21.2 Å². The van der Waals surface area contributed by atoms with E-state index in [9.17, 15) is 10.1 Å². The maximum atomic E-state index is 12.3. The standard InChI is InChI=1S/C14H10ClNO2S/c1-18-10-4-2-3-9(7-10)11(8-16)14(17)12-5-6-13(15)19-12/h2-7,11H,1H3. The van der Waals surface area contributed by atoms with Gasteiger partial charge in [-0.3, -0.25) is 4.79 Å². The number of halogens is 1. The van der Waals surface area contributed by atoms with Gasteiger partial charge in [-0.05, 0) is 29.8 Å². The zero-order chi connectivity index (χ0) is 13.8. The molecular formula is C14H10ClNO2S. The summed E-state index contributed by atoms with van der Waals surface area (Å²) in [6, 6.07) is 12.3. The predicted octanol–water partition coefficient (Wildman–Crippen LogP) is 3.90. The highest BCUT2D eigenvalue weighted by Crippen LogP contribution is 2.28. The van der Waals surface area contributed by atoms with Crippen LogP contribution in [0, 0.1) is 11.3 Å². The molecule has 1 aromatic heterocycles. The van der Waals surface area contributed by atoms with E-state index in [1.807, 2.05) is 6.07 Å². The Kier molecular flexibility index (Phi) is 4.20. The van der Waals surface area contributed by atoms with Gasteiger partial charge in [0, 0.05) is 0 Å². The summed E-state index contributed by atoms with van der Waals surface area (Å²) in [5, 5.41) is 9.24. The highest BCUT2D eigenvalue weighted by molar-refractivity contribution is 7.18. The van der Waals surface area contributed by atoms with Crippen molar-refractivity contribution >= 4 is 28.7 Å². The Balaban J connectivity index is 2.34. The molecule has 1 heterocycles. The number of nitriles is 1. The summed E-state index contributed by atoms with van der Waals surface area (Å²) in [6.07, 6.45) is 0. The number of ether oxygens (including phenoxy) is 1. The third kappa shape index (κ3) is 2.95. The normalized spacial score (nSPS) is 11.6. The van der Waals surface area contributed by atoms with Crippen LogP contribution in [0.4, 0.5) is 0 Å². The number of benzene rings is 1. The van der Waals surface area contributed by atoms with E-state index in [0.29, 0.717) is 20.5 Å². The summed E-state index contributed by atoms with van der Waals surface area (Å²) in [5.74, 6) is -0.466. The maximum absolute atomic E-state index is 12.3. The lowest BCUT2D eigenvalue weighted by molar-refractivity contribution is 0.0983. The Morgan fingerprint density at radius 2 is 2.21 bits per heavy atom. The molecule has 0 bridgehead atoms. The Bertz CT molecular complexity index is 645. The molecule has 1 unspecified atom stereocenters. The van der Waals surface area contributed by atoms with Gasteiger partial charge in [0.1, 0.15) is 11.7 Å². The molecule has 0 amide bonds. The number of methoxy groups -OCH3 is 1. The van der Waals surface area contributed by atoms with Gasteiger partial charge in [0.05, 0.1) is 22.4 Å². The monoisotopic (exact) mass is 291 g/mol. The van der Waals surface area contributed by atoms with Crippen LogP contribution >= 0.6 is 22.9 Å². The van der Waals surface area contributed by atoms with Crippen molar-refractivity contribution in [3.05, 3.63) is 51.2 Å². The van der Waals surface area contributed by atoms with Crippen LogP contribution in [-0.2, 0) is 0 Å². The largest absolute Gasteiger partial charge is 0.497 e. The van der Waals surface area contributed by atoms with Crippen molar-refractivity contribution in [3.8, 4) is 11.8 Å². The summed E-state index contributed by atoms with van der Waals surface area (Å²) in [4.78, 5) is 12.8. The first-order chi connectivity index (χ1) is 9.15. The van der Waals surface area contributed by atoms with Crippen LogP contribution in [0.3, 0.4) is 0 Å². The molecule has 2 rings (SSSR count). The molecule has 0 fully saturated rings.